The fourth-order valence-electron chi connectivity index (χ4n) is 2.84. The molecule has 2 aliphatic heterocycles. The summed E-state index contributed by atoms with van der Waals surface area (Å²) in [6.07, 6.45) is 3.51. The average molecular weight is 227 g/mol. The first-order valence-electron chi connectivity index (χ1n) is 6.06. The van der Waals surface area contributed by atoms with Crippen LogP contribution in [0.4, 0.5) is 0 Å². The van der Waals surface area contributed by atoms with E-state index in [1.165, 1.54) is 0 Å². The maximum absolute atomic E-state index is 11.4. The molecule has 0 aromatic carbocycles. The van der Waals surface area contributed by atoms with E-state index < -0.39 is 11.4 Å². The summed E-state index contributed by atoms with van der Waals surface area (Å²) < 4.78 is 5.89. The topological polar surface area (TPSA) is 58.6 Å². The van der Waals surface area contributed by atoms with Gasteiger partial charge in [-0.15, -0.1) is 0 Å². The molecule has 2 fully saturated rings. The molecule has 0 aromatic rings. The second kappa shape index (κ2) is 4.00. The zero-order valence-corrected chi connectivity index (χ0v) is 10.1. The van der Waals surface area contributed by atoms with Gasteiger partial charge >= 0.3 is 5.97 Å². The SMILES string of the molecule is CC1(C)CCC(CC2(C(=O)O)CCNC2)O1. The Morgan fingerprint density at radius 2 is 2.25 bits per heavy atom. The van der Waals surface area contributed by atoms with Crippen LogP contribution in [0.1, 0.15) is 39.5 Å². The van der Waals surface area contributed by atoms with Gasteiger partial charge in [0.25, 0.3) is 0 Å². The van der Waals surface area contributed by atoms with Gasteiger partial charge in [-0.05, 0) is 46.1 Å². The van der Waals surface area contributed by atoms with E-state index in [0.29, 0.717) is 13.0 Å². The van der Waals surface area contributed by atoms with Crippen molar-refractivity contribution in [2.45, 2.75) is 51.2 Å². The van der Waals surface area contributed by atoms with Gasteiger partial charge in [0.05, 0.1) is 17.1 Å². The van der Waals surface area contributed by atoms with Crippen molar-refractivity contribution in [3.63, 3.8) is 0 Å². The number of rotatable bonds is 3. The second-order valence-corrected chi connectivity index (χ2v) is 5.75. The predicted molar refractivity (Wildman–Crippen MR) is 60.4 cm³/mol. The number of hydrogen-bond acceptors (Lipinski definition) is 3. The lowest BCUT2D eigenvalue weighted by atomic mass is 9.81. The number of nitrogens with one attached hydrogen (secondary N) is 1. The van der Waals surface area contributed by atoms with Gasteiger partial charge < -0.3 is 15.2 Å². The molecule has 0 radical (unpaired) electrons. The molecule has 4 heteroatoms. The molecule has 16 heavy (non-hydrogen) atoms. The van der Waals surface area contributed by atoms with Crippen LogP contribution in [0.15, 0.2) is 0 Å². The van der Waals surface area contributed by atoms with Gasteiger partial charge in [0.15, 0.2) is 0 Å². The highest BCUT2D eigenvalue weighted by Gasteiger charge is 2.45. The Hall–Kier alpha value is -0.610. The van der Waals surface area contributed by atoms with E-state index in [-0.39, 0.29) is 11.7 Å². The number of hydrogen-bond donors (Lipinski definition) is 2. The zero-order chi connectivity index (χ0) is 11.8. The molecular weight excluding hydrogens is 206 g/mol. The number of aliphatic carboxylic acids is 1. The van der Waals surface area contributed by atoms with Crippen LogP contribution in [0.2, 0.25) is 0 Å². The lowest BCUT2D eigenvalue weighted by molar-refractivity contribution is -0.150. The van der Waals surface area contributed by atoms with Crippen LogP contribution in [0.3, 0.4) is 0 Å². The second-order valence-electron chi connectivity index (χ2n) is 5.75. The summed E-state index contributed by atoms with van der Waals surface area (Å²) in [6.45, 7) is 5.55. The summed E-state index contributed by atoms with van der Waals surface area (Å²) in [6, 6.07) is 0. The molecule has 2 unspecified atom stereocenters. The van der Waals surface area contributed by atoms with Crippen molar-refractivity contribution in [2.24, 2.45) is 5.41 Å². The smallest absolute Gasteiger partial charge is 0.311 e. The minimum atomic E-state index is -0.675. The molecule has 2 rings (SSSR count). The van der Waals surface area contributed by atoms with E-state index in [2.05, 4.69) is 19.2 Å². The summed E-state index contributed by atoms with van der Waals surface area (Å²) in [5, 5.41) is 12.5. The Morgan fingerprint density at radius 1 is 1.50 bits per heavy atom. The molecule has 0 aromatic heterocycles. The molecule has 0 amide bonds. The van der Waals surface area contributed by atoms with Crippen molar-refractivity contribution < 1.29 is 14.6 Å². The molecule has 0 spiro atoms. The summed E-state index contributed by atoms with van der Waals surface area (Å²) in [7, 11) is 0. The molecule has 2 N–H and O–H groups in total. The van der Waals surface area contributed by atoms with E-state index in [0.717, 1.165) is 25.8 Å². The Balaban J connectivity index is 2.00. The van der Waals surface area contributed by atoms with Gasteiger partial charge in [-0.25, -0.2) is 0 Å². The average Bonchev–Trinajstić information content (AvgIpc) is 2.74. The standard InChI is InChI=1S/C12H21NO3/c1-11(2)4-3-9(16-11)7-12(10(14)15)5-6-13-8-12/h9,13H,3-8H2,1-2H3,(H,14,15). The van der Waals surface area contributed by atoms with Crippen molar-refractivity contribution in [3.05, 3.63) is 0 Å². The quantitative estimate of drug-likeness (QED) is 0.765. The van der Waals surface area contributed by atoms with E-state index in [1.807, 2.05) is 0 Å². The molecule has 2 atom stereocenters. The molecule has 0 saturated carbocycles. The van der Waals surface area contributed by atoms with Crippen LogP contribution in [-0.4, -0.2) is 35.9 Å². The lowest BCUT2D eigenvalue weighted by Crippen LogP contribution is -2.37. The largest absolute Gasteiger partial charge is 0.481 e. The van der Waals surface area contributed by atoms with Gasteiger partial charge in [-0.3, -0.25) is 4.79 Å². The molecule has 4 nitrogen and oxygen atoms in total. The highest BCUT2D eigenvalue weighted by atomic mass is 16.5. The molecule has 0 bridgehead atoms. The van der Waals surface area contributed by atoms with Gasteiger partial charge in [0, 0.05) is 6.54 Å². The van der Waals surface area contributed by atoms with Crippen molar-refractivity contribution in [3.8, 4) is 0 Å². The van der Waals surface area contributed by atoms with Crippen LogP contribution in [0.5, 0.6) is 0 Å². The van der Waals surface area contributed by atoms with Crippen LogP contribution in [0.25, 0.3) is 0 Å². The molecule has 2 aliphatic rings. The van der Waals surface area contributed by atoms with Crippen LogP contribution in [-0.2, 0) is 9.53 Å². The molecule has 0 aliphatic carbocycles. The Labute approximate surface area is 96.4 Å². The van der Waals surface area contributed by atoms with Crippen LogP contribution < -0.4 is 5.32 Å². The molecule has 2 heterocycles. The highest BCUT2D eigenvalue weighted by Crippen LogP contribution is 2.39. The van der Waals surface area contributed by atoms with Gasteiger partial charge in [-0.2, -0.15) is 0 Å². The summed E-state index contributed by atoms with van der Waals surface area (Å²) in [5.74, 6) is -0.675. The van der Waals surface area contributed by atoms with E-state index in [9.17, 15) is 9.90 Å². The number of carboxylic acids is 1. The third-order valence-corrected chi connectivity index (χ3v) is 3.87. The van der Waals surface area contributed by atoms with Crippen molar-refractivity contribution in [1.29, 1.82) is 0 Å². The third-order valence-electron chi connectivity index (χ3n) is 3.87. The van der Waals surface area contributed by atoms with E-state index in [4.69, 9.17) is 4.74 Å². The van der Waals surface area contributed by atoms with Gasteiger partial charge in [0.1, 0.15) is 0 Å². The van der Waals surface area contributed by atoms with Gasteiger partial charge in [0.2, 0.25) is 0 Å². The summed E-state index contributed by atoms with van der Waals surface area (Å²) in [5.41, 5.74) is -0.665. The number of carbonyl (C=O) groups is 1. The fraction of sp³-hybridized carbons (Fsp3) is 0.917. The summed E-state index contributed by atoms with van der Waals surface area (Å²) in [4.78, 5) is 11.4. The van der Waals surface area contributed by atoms with Crippen LogP contribution >= 0.6 is 0 Å². The maximum atomic E-state index is 11.4. The predicted octanol–water partition coefficient (Wildman–Crippen LogP) is 1.40. The minimum absolute atomic E-state index is 0.0730. The van der Waals surface area contributed by atoms with Crippen LogP contribution in [0, 0.1) is 5.41 Å². The monoisotopic (exact) mass is 227 g/mol. The summed E-state index contributed by atoms with van der Waals surface area (Å²) >= 11 is 0. The normalized spacial score (nSPS) is 37.8. The highest BCUT2D eigenvalue weighted by molar-refractivity contribution is 5.75. The minimum Gasteiger partial charge on any atom is -0.481 e. The first kappa shape index (κ1) is 11.9. The lowest BCUT2D eigenvalue weighted by Gasteiger charge is -2.27. The molecular formula is C12H21NO3. The Morgan fingerprint density at radius 3 is 2.69 bits per heavy atom. The fourth-order valence-corrected chi connectivity index (χ4v) is 2.84. The first-order chi connectivity index (χ1) is 7.44. The van der Waals surface area contributed by atoms with Crippen molar-refractivity contribution >= 4 is 5.97 Å². The Kier molecular flexibility index (Phi) is 2.97. The van der Waals surface area contributed by atoms with E-state index >= 15 is 0 Å². The number of ether oxygens (including phenoxy) is 1. The number of carboxylic acid groups (broad SMARTS) is 1. The molecule has 92 valence electrons. The van der Waals surface area contributed by atoms with Crippen molar-refractivity contribution in [2.75, 3.05) is 13.1 Å². The van der Waals surface area contributed by atoms with E-state index in [1.54, 1.807) is 0 Å². The van der Waals surface area contributed by atoms with Gasteiger partial charge in [-0.1, -0.05) is 0 Å². The molecule has 2 saturated heterocycles. The maximum Gasteiger partial charge on any atom is 0.311 e. The van der Waals surface area contributed by atoms with Crippen molar-refractivity contribution in [1.82, 2.24) is 5.32 Å². The Bertz CT molecular complexity index is 282. The zero-order valence-electron chi connectivity index (χ0n) is 10.1. The third kappa shape index (κ3) is 2.23. The first-order valence-corrected chi connectivity index (χ1v) is 6.06.